The molecule has 1 aromatic carbocycles. The molecule has 160 valence electrons. The minimum atomic E-state index is -3.53. The van der Waals surface area contributed by atoms with Gasteiger partial charge >= 0.3 is 0 Å². The van der Waals surface area contributed by atoms with Crippen LogP contribution >= 0.6 is 0 Å². The van der Waals surface area contributed by atoms with E-state index in [4.69, 9.17) is 0 Å². The van der Waals surface area contributed by atoms with E-state index < -0.39 is 10.0 Å². The predicted octanol–water partition coefficient (Wildman–Crippen LogP) is 4.35. The quantitative estimate of drug-likeness (QED) is 0.714. The lowest BCUT2D eigenvalue weighted by Crippen LogP contribution is -2.44. The largest absolute Gasteiger partial charge is 0.333 e. The molecule has 1 heterocycles. The van der Waals surface area contributed by atoms with Gasteiger partial charge in [0.2, 0.25) is 10.0 Å². The van der Waals surface area contributed by atoms with Gasteiger partial charge in [0.25, 0.3) is 5.91 Å². The number of nitrogens with zero attached hydrogens (tertiary/aromatic N) is 2. The number of hydrogen-bond donors (Lipinski definition) is 0. The first-order valence-electron chi connectivity index (χ1n) is 11.3. The minimum Gasteiger partial charge on any atom is -0.333 e. The van der Waals surface area contributed by atoms with E-state index in [9.17, 15) is 13.2 Å². The maximum absolute atomic E-state index is 13.6. The highest BCUT2D eigenvalue weighted by molar-refractivity contribution is 7.89. The summed E-state index contributed by atoms with van der Waals surface area (Å²) in [6, 6.07) is 5.75. The molecule has 0 aromatic heterocycles. The van der Waals surface area contributed by atoms with Crippen molar-refractivity contribution in [1.82, 2.24) is 9.21 Å². The number of carbonyl (C=O) groups is 1. The molecule has 0 bridgehead atoms. The molecule has 2 aliphatic carbocycles. The second-order valence-electron chi connectivity index (χ2n) is 9.30. The lowest BCUT2D eigenvalue weighted by atomic mass is 9.86. The van der Waals surface area contributed by atoms with Crippen molar-refractivity contribution in [2.75, 3.05) is 13.1 Å². The van der Waals surface area contributed by atoms with E-state index in [1.807, 2.05) is 6.92 Å². The van der Waals surface area contributed by atoms with E-state index in [-0.39, 0.29) is 10.8 Å². The predicted molar refractivity (Wildman–Crippen MR) is 114 cm³/mol. The van der Waals surface area contributed by atoms with E-state index in [0.29, 0.717) is 30.7 Å². The third kappa shape index (κ3) is 4.38. The van der Waals surface area contributed by atoms with Crippen LogP contribution in [0.25, 0.3) is 0 Å². The van der Waals surface area contributed by atoms with E-state index in [1.54, 1.807) is 22.5 Å². The van der Waals surface area contributed by atoms with Gasteiger partial charge in [-0.05, 0) is 81.9 Å². The second kappa shape index (κ2) is 8.38. The molecule has 1 saturated heterocycles. The maximum atomic E-state index is 13.6. The summed E-state index contributed by atoms with van der Waals surface area (Å²) in [6.07, 6.45) is 9.51. The van der Waals surface area contributed by atoms with Crippen LogP contribution in [-0.2, 0) is 10.0 Å². The first kappa shape index (κ1) is 20.9. The molecule has 1 aliphatic heterocycles. The van der Waals surface area contributed by atoms with Crippen molar-refractivity contribution >= 4 is 15.9 Å². The molecule has 4 rings (SSSR count). The third-order valence-corrected chi connectivity index (χ3v) is 8.84. The molecule has 3 fully saturated rings. The first-order chi connectivity index (χ1) is 13.9. The first-order valence-corrected chi connectivity index (χ1v) is 12.8. The van der Waals surface area contributed by atoms with E-state index in [0.717, 1.165) is 56.4 Å². The monoisotopic (exact) mass is 418 g/mol. The zero-order chi connectivity index (χ0) is 20.6. The Morgan fingerprint density at radius 3 is 2.14 bits per heavy atom. The second-order valence-corrected chi connectivity index (χ2v) is 11.2. The fourth-order valence-corrected chi connectivity index (χ4v) is 6.43. The van der Waals surface area contributed by atoms with Crippen molar-refractivity contribution in [3.8, 4) is 0 Å². The molecule has 0 N–H and O–H groups in total. The minimum absolute atomic E-state index is 0.0280. The Hall–Kier alpha value is -1.40. The standard InChI is InChI=1S/C23H34N2O3S/c1-17-6-9-19(10-7-17)25(20-11-12-20)23(26)22-16-21(13-8-18(22)2)29(27,28)24-14-4-3-5-15-24/h8,13,16-17,19-20H,3-7,9-12,14-15H2,1-2H3. The van der Waals surface area contributed by atoms with Crippen molar-refractivity contribution in [3.05, 3.63) is 29.3 Å². The number of benzene rings is 1. The van der Waals surface area contributed by atoms with Gasteiger partial charge in [0.05, 0.1) is 4.90 Å². The average molecular weight is 419 g/mol. The van der Waals surface area contributed by atoms with Crippen LogP contribution in [0.15, 0.2) is 23.1 Å². The topological polar surface area (TPSA) is 57.7 Å². The fourth-order valence-electron chi connectivity index (χ4n) is 4.89. The van der Waals surface area contributed by atoms with Crippen molar-refractivity contribution in [2.24, 2.45) is 5.92 Å². The Kier molecular flexibility index (Phi) is 6.03. The fraction of sp³-hybridized carbons (Fsp3) is 0.696. The highest BCUT2D eigenvalue weighted by atomic mass is 32.2. The van der Waals surface area contributed by atoms with Gasteiger partial charge in [-0.1, -0.05) is 19.4 Å². The summed E-state index contributed by atoms with van der Waals surface area (Å²) in [7, 11) is -3.53. The Bertz CT molecular complexity index is 849. The Labute approximate surface area is 175 Å². The number of hydrogen-bond acceptors (Lipinski definition) is 3. The van der Waals surface area contributed by atoms with E-state index in [1.165, 1.54) is 12.8 Å². The molecule has 0 atom stereocenters. The van der Waals surface area contributed by atoms with Crippen LogP contribution in [0.5, 0.6) is 0 Å². The van der Waals surface area contributed by atoms with Gasteiger partial charge in [-0.3, -0.25) is 4.79 Å². The summed E-state index contributed by atoms with van der Waals surface area (Å²) in [6.45, 7) is 5.36. The third-order valence-electron chi connectivity index (χ3n) is 6.95. The molecule has 6 heteroatoms. The molecule has 29 heavy (non-hydrogen) atoms. The SMILES string of the molecule is Cc1ccc(S(=O)(=O)N2CCCCC2)cc1C(=O)N(C1CCC(C)CC1)C1CC1. The van der Waals surface area contributed by atoms with E-state index >= 15 is 0 Å². The summed E-state index contributed by atoms with van der Waals surface area (Å²) < 4.78 is 27.8. The van der Waals surface area contributed by atoms with Crippen molar-refractivity contribution in [3.63, 3.8) is 0 Å². The Morgan fingerprint density at radius 2 is 1.55 bits per heavy atom. The highest BCUT2D eigenvalue weighted by Crippen LogP contribution is 2.37. The normalized spacial score (nSPS) is 26.3. The van der Waals surface area contributed by atoms with Gasteiger partial charge in [-0.2, -0.15) is 4.31 Å². The zero-order valence-corrected chi connectivity index (χ0v) is 18.6. The van der Waals surface area contributed by atoms with Crippen LogP contribution in [0, 0.1) is 12.8 Å². The van der Waals surface area contributed by atoms with Crippen molar-refractivity contribution in [2.45, 2.75) is 88.6 Å². The van der Waals surface area contributed by atoms with Gasteiger partial charge in [0.15, 0.2) is 0 Å². The van der Waals surface area contributed by atoms with Crippen molar-refractivity contribution < 1.29 is 13.2 Å². The van der Waals surface area contributed by atoms with Crippen LogP contribution in [0.1, 0.15) is 80.6 Å². The van der Waals surface area contributed by atoms with E-state index in [2.05, 4.69) is 11.8 Å². The summed E-state index contributed by atoms with van der Waals surface area (Å²) in [5.74, 6) is 0.766. The van der Waals surface area contributed by atoms with Crippen LogP contribution in [0.4, 0.5) is 0 Å². The number of aryl methyl sites for hydroxylation is 1. The van der Waals surface area contributed by atoms with Gasteiger partial charge in [-0.15, -0.1) is 0 Å². The lowest BCUT2D eigenvalue weighted by Gasteiger charge is -2.37. The van der Waals surface area contributed by atoms with Crippen LogP contribution < -0.4 is 0 Å². The summed E-state index contributed by atoms with van der Waals surface area (Å²) in [4.78, 5) is 16.0. The molecule has 3 aliphatic rings. The van der Waals surface area contributed by atoms with Crippen LogP contribution in [-0.4, -0.2) is 48.7 Å². The summed E-state index contributed by atoms with van der Waals surface area (Å²) >= 11 is 0. The Morgan fingerprint density at radius 1 is 0.966 bits per heavy atom. The molecule has 5 nitrogen and oxygen atoms in total. The number of piperidine rings is 1. The van der Waals surface area contributed by atoms with Crippen LogP contribution in [0.3, 0.4) is 0 Å². The average Bonchev–Trinajstić information content (AvgIpc) is 3.55. The maximum Gasteiger partial charge on any atom is 0.254 e. The number of sulfonamides is 1. The van der Waals surface area contributed by atoms with Gasteiger partial charge < -0.3 is 4.90 Å². The highest BCUT2D eigenvalue weighted by Gasteiger charge is 2.39. The van der Waals surface area contributed by atoms with Gasteiger partial charge in [-0.25, -0.2) is 8.42 Å². The molecule has 0 spiro atoms. The molecule has 0 radical (unpaired) electrons. The zero-order valence-electron chi connectivity index (χ0n) is 17.8. The van der Waals surface area contributed by atoms with Gasteiger partial charge in [0.1, 0.15) is 0 Å². The number of amides is 1. The van der Waals surface area contributed by atoms with Gasteiger partial charge in [0, 0.05) is 30.7 Å². The molecule has 1 amide bonds. The lowest BCUT2D eigenvalue weighted by molar-refractivity contribution is 0.0592. The summed E-state index contributed by atoms with van der Waals surface area (Å²) in [5, 5.41) is 0. The smallest absolute Gasteiger partial charge is 0.254 e. The molecule has 0 unspecified atom stereocenters. The number of carbonyl (C=O) groups excluding carboxylic acids is 1. The van der Waals surface area contributed by atoms with Crippen LogP contribution in [0.2, 0.25) is 0 Å². The Balaban J connectivity index is 1.61. The molecular formula is C23H34N2O3S. The summed E-state index contributed by atoms with van der Waals surface area (Å²) in [5.41, 5.74) is 1.43. The van der Waals surface area contributed by atoms with Crippen molar-refractivity contribution in [1.29, 1.82) is 0 Å². The molecule has 2 saturated carbocycles. The number of rotatable bonds is 5. The molecule has 1 aromatic rings. The molecular weight excluding hydrogens is 384 g/mol.